The monoisotopic (exact) mass is 400 g/mol. The first-order valence-electron chi connectivity index (χ1n) is 9.87. The number of carbonyl (C=O) groups is 2. The number of furan rings is 1. The number of likely N-dealkylation sites (tertiary alicyclic amines) is 1. The van der Waals surface area contributed by atoms with E-state index in [4.69, 9.17) is 16.0 Å². The molecule has 1 aliphatic carbocycles. The van der Waals surface area contributed by atoms with Crippen LogP contribution in [0.4, 0.5) is 0 Å². The van der Waals surface area contributed by atoms with Crippen LogP contribution in [0.25, 0.3) is 0 Å². The van der Waals surface area contributed by atoms with Gasteiger partial charge in [0.05, 0.1) is 11.7 Å². The zero-order chi connectivity index (χ0) is 19.7. The third-order valence-electron chi connectivity index (χ3n) is 6.00. The molecule has 1 aromatic carbocycles. The van der Waals surface area contributed by atoms with Crippen molar-refractivity contribution in [3.8, 4) is 0 Å². The molecule has 2 aromatic rings. The molecule has 0 spiro atoms. The maximum Gasteiger partial charge on any atom is 0.289 e. The Kier molecular flexibility index (Phi) is 5.19. The fourth-order valence-corrected chi connectivity index (χ4v) is 4.22. The van der Waals surface area contributed by atoms with Crippen molar-refractivity contribution in [1.29, 1.82) is 0 Å². The Morgan fingerprint density at radius 2 is 2.00 bits per heavy atom. The van der Waals surface area contributed by atoms with Crippen molar-refractivity contribution in [3.05, 3.63) is 58.5 Å². The largest absolute Gasteiger partial charge is 0.459 e. The topological polar surface area (TPSA) is 62.6 Å². The van der Waals surface area contributed by atoms with Crippen molar-refractivity contribution in [1.82, 2.24) is 10.2 Å². The molecule has 0 bridgehead atoms. The fraction of sp³-hybridized carbons (Fsp3) is 0.455. The van der Waals surface area contributed by atoms with E-state index in [1.165, 1.54) is 0 Å². The number of benzene rings is 1. The van der Waals surface area contributed by atoms with Crippen LogP contribution in [0.3, 0.4) is 0 Å². The standard InChI is InChI=1S/C22H25ClN2O3/c1-15-8-12-28-19(15)20(26)25-11-2-3-16(14-25)13-24-21(27)22(9-10-22)17-4-6-18(23)7-5-17/h4-8,12,16H,2-3,9-11,13-14H2,1H3,(H,24,27)/t16-/m0/s1. The van der Waals surface area contributed by atoms with Gasteiger partial charge in [-0.2, -0.15) is 0 Å². The molecular formula is C22H25ClN2O3. The molecule has 0 unspecified atom stereocenters. The summed E-state index contributed by atoms with van der Waals surface area (Å²) in [6, 6.07) is 9.38. The third-order valence-corrected chi connectivity index (χ3v) is 6.25. The molecule has 1 aromatic heterocycles. The van der Waals surface area contributed by atoms with Gasteiger partial charge in [0, 0.05) is 30.2 Å². The Morgan fingerprint density at radius 1 is 1.25 bits per heavy atom. The van der Waals surface area contributed by atoms with E-state index in [1.54, 1.807) is 12.3 Å². The predicted molar refractivity (Wildman–Crippen MR) is 107 cm³/mol. The molecule has 1 N–H and O–H groups in total. The zero-order valence-electron chi connectivity index (χ0n) is 16.0. The van der Waals surface area contributed by atoms with E-state index in [2.05, 4.69) is 5.32 Å². The molecule has 0 radical (unpaired) electrons. The van der Waals surface area contributed by atoms with E-state index < -0.39 is 5.41 Å². The van der Waals surface area contributed by atoms with Gasteiger partial charge in [-0.25, -0.2) is 0 Å². The van der Waals surface area contributed by atoms with E-state index in [9.17, 15) is 9.59 Å². The fourth-order valence-electron chi connectivity index (χ4n) is 4.10. The Balaban J connectivity index is 1.34. The highest BCUT2D eigenvalue weighted by Gasteiger charge is 2.51. The number of carbonyl (C=O) groups excluding carboxylic acids is 2. The van der Waals surface area contributed by atoms with E-state index >= 15 is 0 Å². The molecule has 1 saturated heterocycles. The molecule has 6 heteroatoms. The smallest absolute Gasteiger partial charge is 0.289 e. The molecule has 1 atom stereocenters. The van der Waals surface area contributed by atoms with Crippen molar-refractivity contribution in [2.75, 3.05) is 19.6 Å². The highest BCUT2D eigenvalue weighted by molar-refractivity contribution is 6.30. The van der Waals surface area contributed by atoms with E-state index in [-0.39, 0.29) is 17.7 Å². The second-order valence-electron chi connectivity index (χ2n) is 7.99. The molecule has 2 aliphatic rings. The minimum atomic E-state index is -0.403. The lowest BCUT2D eigenvalue weighted by atomic mass is 9.93. The van der Waals surface area contributed by atoms with Crippen LogP contribution >= 0.6 is 11.6 Å². The lowest BCUT2D eigenvalue weighted by molar-refractivity contribution is -0.123. The van der Waals surface area contributed by atoms with E-state index in [0.29, 0.717) is 23.9 Å². The summed E-state index contributed by atoms with van der Waals surface area (Å²) >= 11 is 5.97. The number of rotatable bonds is 5. The van der Waals surface area contributed by atoms with Gasteiger partial charge < -0.3 is 14.6 Å². The first kappa shape index (κ1) is 19.1. The average molecular weight is 401 g/mol. The molecule has 2 fully saturated rings. The van der Waals surface area contributed by atoms with Crippen LogP contribution in [-0.2, 0) is 10.2 Å². The van der Waals surface area contributed by atoms with Gasteiger partial charge in [0.2, 0.25) is 5.91 Å². The number of nitrogens with zero attached hydrogens (tertiary/aromatic N) is 1. The van der Waals surface area contributed by atoms with Crippen LogP contribution in [0.1, 0.15) is 47.4 Å². The van der Waals surface area contributed by atoms with Gasteiger partial charge in [-0.1, -0.05) is 23.7 Å². The summed E-state index contributed by atoms with van der Waals surface area (Å²) in [4.78, 5) is 27.4. The quantitative estimate of drug-likeness (QED) is 0.826. The Hall–Kier alpha value is -2.27. The summed E-state index contributed by atoms with van der Waals surface area (Å²) in [6.45, 7) is 3.85. The Labute approximate surface area is 170 Å². The van der Waals surface area contributed by atoms with Crippen molar-refractivity contribution in [2.45, 2.75) is 38.0 Å². The van der Waals surface area contributed by atoms with Gasteiger partial charge in [-0.3, -0.25) is 9.59 Å². The first-order chi connectivity index (χ1) is 13.5. The number of hydrogen-bond donors (Lipinski definition) is 1. The van der Waals surface area contributed by atoms with Crippen molar-refractivity contribution in [3.63, 3.8) is 0 Å². The van der Waals surface area contributed by atoms with Crippen LogP contribution < -0.4 is 5.32 Å². The predicted octanol–water partition coefficient (Wildman–Crippen LogP) is 3.94. The molecular weight excluding hydrogens is 376 g/mol. The van der Waals surface area contributed by atoms with Crippen molar-refractivity contribution in [2.24, 2.45) is 5.92 Å². The summed E-state index contributed by atoms with van der Waals surface area (Å²) < 4.78 is 5.35. The first-order valence-corrected chi connectivity index (χ1v) is 10.2. The second kappa shape index (κ2) is 7.63. The van der Waals surface area contributed by atoms with Crippen molar-refractivity contribution < 1.29 is 14.0 Å². The maximum atomic E-state index is 12.9. The normalized spacial score (nSPS) is 20.6. The van der Waals surface area contributed by atoms with Crippen LogP contribution in [0, 0.1) is 12.8 Å². The van der Waals surface area contributed by atoms with Crippen molar-refractivity contribution >= 4 is 23.4 Å². The average Bonchev–Trinajstić information content (AvgIpc) is 3.41. The van der Waals surface area contributed by atoms with Crippen LogP contribution in [-0.4, -0.2) is 36.3 Å². The number of hydrogen-bond acceptors (Lipinski definition) is 3. The molecule has 4 rings (SSSR count). The van der Waals surface area contributed by atoms with Gasteiger partial charge in [0.25, 0.3) is 5.91 Å². The van der Waals surface area contributed by atoms with Gasteiger partial charge >= 0.3 is 0 Å². The summed E-state index contributed by atoms with van der Waals surface area (Å²) in [5, 5.41) is 3.82. The third kappa shape index (κ3) is 3.68. The minimum Gasteiger partial charge on any atom is -0.459 e. The summed E-state index contributed by atoms with van der Waals surface area (Å²) in [7, 11) is 0. The lowest BCUT2D eigenvalue weighted by Gasteiger charge is -2.32. The molecule has 2 heterocycles. The molecule has 2 amide bonds. The van der Waals surface area contributed by atoms with Gasteiger partial charge in [-0.15, -0.1) is 0 Å². The molecule has 5 nitrogen and oxygen atoms in total. The number of piperidine rings is 1. The second-order valence-corrected chi connectivity index (χ2v) is 8.43. The number of amides is 2. The SMILES string of the molecule is Cc1ccoc1C(=O)N1CCC[C@@H](CNC(=O)C2(c3ccc(Cl)cc3)CC2)C1. The lowest BCUT2D eigenvalue weighted by Crippen LogP contribution is -2.45. The molecule has 28 heavy (non-hydrogen) atoms. The minimum absolute atomic E-state index is 0.0571. The van der Waals surface area contributed by atoms with Gasteiger partial charge in [0.15, 0.2) is 5.76 Å². The van der Waals surface area contributed by atoms with Gasteiger partial charge in [-0.05, 0) is 62.3 Å². The Bertz CT molecular complexity index is 870. The molecule has 1 aliphatic heterocycles. The van der Waals surface area contributed by atoms with Crippen LogP contribution in [0.2, 0.25) is 5.02 Å². The molecule has 148 valence electrons. The number of halogens is 1. The maximum absolute atomic E-state index is 12.9. The summed E-state index contributed by atoms with van der Waals surface area (Å²) in [6.07, 6.45) is 5.24. The summed E-state index contributed by atoms with van der Waals surface area (Å²) in [5.74, 6) is 0.709. The highest BCUT2D eigenvalue weighted by atomic mass is 35.5. The molecule has 1 saturated carbocycles. The number of nitrogens with one attached hydrogen (secondary N) is 1. The van der Waals surface area contributed by atoms with Gasteiger partial charge in [0.1, 0.15) is 0 Å². The summed E-state index contributed by atoms with van der Waals surface area (Å²) in [5.41, 5.74) is 1.49. The number of aryl methyl sites for hydroxylation is 1. The van der Waals surface area contributed by atoms with Crippen LogP contribution in [0.5, 0.6) is 0 Å². The Morgan fingerprint density at radius 3 is 2.64 bits per heavy atom. The van der Waals surface area contributed by atoms with E-state index in [1.807, 2.05) is 36.1 Å². The zero-order valence-corrected chi connectivity index (χ0v) is 16.8. The van der Waals surface area contributed by atoms with Crippen LogP contribution in [0.15, 0.2) is 41.0 Å². The highest BCUT2D eigenvalue weighted by Crippen LogP contribution is 2.48. The van der Waals surface area contributed by atoms with E-state index in [0.717, 1.165) is 43.4 Å².